The van der Waals surface area contributed by atoms with Gasteiger partial charge < -0.3 is 17.0 Å². The van der Waals surface area contributed by atoms with E-state index in [1.807, 2.05) is 0 Å². The molecule has 0 saturated heterocycles. The minimum Gasteiger partial charge on any atom is -1.00 e. The van der Waals surface area contributed by atoms with E-state index < -0.39 is 0 Å². The molecule has 0 fully saturated rings. The van der Waals surface area contributed by atoms with Crippen LogP contribution in [0, 0.1) is 5.82 Å². The predicted molar refractivity (Wildman–Crippen MR) is 66.8 cm³/mol. The van der Waals surface area contributed by atoms with Gasteiger partial charge in [0, 0.05) is 5.56 Å². The van der Waals surface area contributed by atoms with Crippen molar-refractivity contribution in [2.45, 2.75) is 0 Å². The number of nitrogens with zero attached hydrogens (tertiary/aromatic N) is 3. The lowest BCUT2D eigenvalue weighted by Gasteiger charge is -2.03. The van der Waals surface area contributed by atoms with Crippen LogP contribution in [0.4, 0.5) is 4.39 Å². The van der Waals surface area contributed by atoms with E-state index in [2.05, 4.69) is 31.0 Å². The van der Waals surface area contributed by atoms with Crippen molar-refractivity contribution >= 4 is 33.8 Å². The first kappa shape index (κ1) is 13.3. The lowest BCUT2D eigenvalue weighted by atomic mass is 10.2. The van der Waals surface area contributed by atoms with Gasteiger partial charge in [0.2, 0.25) is 5.84 Å². The van der Waals surface area contributed by atoms with Gasteiger partial charge in [-0.2, -0.15) is 4.99 Å². The van der Waals surface area contributed by atoms with Gasteiger partial charge in [-0.3, -0.25) is 0 Å². The molecule has 0 aliphatic carbocycles. The molecule has 0 radical (unpaired) electrons. The second-order valence-electron chi connectivity index (χ2n) is 3.55. The highest BCUT2D eigenvalue weighted by molar-refractivity contribution is 9.11. The first-order valence-electron chi connectivity index (χ1n) is 4.94. The standard InChI is InChI=1S/C11H6BrFN4.BrH/c12-9-6-17-10(5-14-9)15-11(16-17)7-2-1-3-8(13)4-7;/h1-6H;1H. The molecule has 2 aliphatic heterocycles. The average molecular weight is 374 g/mol. The van der Waals surface area contributed by atoms with Crippen LogP contribution in [-0.2, 0) is 0 Å². The molecule has 0 bridgehead atoms. The van der Waals surface area contributed by atoms with Gasteiger partial charge in [-0.15, -0.1) is 5.01 Å². The summed E-state index contributed by atoms with van der Waals surface area (Å²) in [6.45, 7) is 0. The van der Waals surface area contributed by atoms with Crippen LogP contribution < -0.4 is 22.0 Å². The number of amidine groups is 2. The maximum Gasteiger partial charge on any atom is 0.278 e. The zero-order valence-corrected chi connectivity index (χ0v) is 12.1. The number of fused-ring (bicyclic) bond motifs is 1. The zero-order valence-electron chi connectivity index (χ0n) is 8.94. The van der Waals surface area contributed by atoms with E-state index in [1.54, 1.807) is 24.5 Å². The van der Waals surface area contributed by atoms with Crippen molar-refractivity contribution in [3.8, 4) is 0 Å². The van der Waals surface area contributed by atoms with Gasteiger partial charge in [0.05, 0.1) is 0 Å². The van der Waals surface area contributed by atoms with E-state index in [9.17, 15) is 4.39 Å². The van der Waals surface area contributed by atoms with Crippen LogP contribution in [-0.4, -0.2) is 17.9 Å². The average Bonchev–Trinajstić information content (AvgIpc) is 2.72. The molecule has 0 spiro atoms. The Kier molecular flexibility index (Phi) is 3.84. The fourth-order valence-electron chi connectivity index (χ4n) is 1.60. The van der Waals surface area contributed by atoms with Crippen molar-refractivity contribution in [1.82, 2.24) is 0 Å². The largest absolute Gasteiger partial charge is 1.00 e. The normalized spacial score (nSPS) is 20.6. The number of rotatable bonds is 1. The Balaban J connectivity index is 0.00000120. The van der Waals surface area contributed by atoms with Gasteiger partial charge in [0.1, 0.15) is 12.0 Å². The number of aliphatic imine (C=N–C) groups is 2. The highest BCUT2D eigenvalue weighted by atomic mass is 79.9. The third-order valence-electron chi connectivity index (χ3n) is 2.36. The molecule has 0 saturated carbocycles. The molecule has 18 heavy (non-hydrogen) atoms. The van der Waals surface area contributed by atoms with E-state index in [0.717, 1.165) is 5.01 Å². The molecular formula is C11H7Br2FN4. The van der Waals surface area contributed by atoms with Crippen LogP contribution in [0.3, 0.4) is 0 Å². The van der Waals surface area contributed by atoms with E-state index in [1.165, 1.54) is 12.1 Å². The smallest absolute Gasteiger partial charge is 0.278 e. The molecule has 7 heteroatoms. The molecule has 1 unspecified atom stereocenters. The van der Waals surface area contributed by atoms with Gasteiger partial charge in [0.15, 0.2) is 10.8 Å². The van der Waals surface area contributed by atoms with Crippen molar-refractivity contribution < 1.29 is 26.4 Å². The predicted octanol–water partition coefficient (Wildman–Crippen LogP) is -1.93. The molecule has 1 atom stereocenters. The van der Waals surface area contributed by atoms with Crippen molar-refractivity contribution in [2.75, 3.05) is 0 Å². The van der Waals surface area contributed by atoms with Crippen LogP contribution in [0.2, 0.25) is 0 Å². The summed E-state index contributed by atoms with van der Waals surface area (Å²) in [5.41, 5.74) is 0.664. The monoisotopic (exact) mass is 372 g/mol. The number of hydrogen-bond acceptors (Lipinski definition) is 3. The van der Waals surface area contributed by atoms with Gasteiger partial charge in [-0.1, -0.05) is 17.2 Å². The maximum atomic E-state index is 13.1. The molecule has 0 aromatic heterocycles. The van der Waals surface area contributed by atoms with Crippen LogP contribution >= 0.6 is 15.9 Å². The van der Waals surface area contributed by atoms with Crippen LogP contribution in [0.5, 0.6) is 0 Å². The zero-order chi connectivity index (χ0) is 11.8. The molecule has 2 heterocycles. The second kappa shape index (κ2) is 5.21. The molecular weight excluding hydrogens is 367 g/mol. The van der Waals surface area contributed by atoms with Crippen molar-refractivity contribution in [3.63, 3.8) is 0 Å². The first-order chi connectivity index (χ1) is 8.22. The highest BCUT2D eigenvalue weighted by Gasteiger charge is 2.26. The molecule has 1 aromatic rings. The quantitative estimate of drug-likeness (QED) is 0.557. The lowest BCUT2D eigenvalue weighted by molar-refractivity contribution is -0.748. The molecule has 1 aromatic carbocycles. The first-order valence-corrected chi connectivity index (χ1v) is 5.73. The topological polar surface area (TPSA) is 41.5 Å². The summed E-state index contributed by atoms with van der Waals surface area (Å²) in [6.07, 6.45) is 3.42. The summed E-state index contributed by atoms with van der Waals surface area (Å²) in [6, 6.07) is 6.22. The Bertz CT molecular complexity index is 607. The summed E-state index contributed by atoms with van der Waals surface area (Å²) in [4.78, 5) is 8.38. The second-order valence-corrected chi connectivity index (χ2v) is 4.37. The van der Waals surface area contributed by atoms with E-state index in [-0.39, 0.29) is 22.8 Å². The highest BCUT2D eigenvalue weighted by Crippen LogP contribution is 2.09. The summed E-state index contributed by atoms with van der Waals surface area (Å²) in [7, 11) is 0. The fourth-order valence-corrected chi connectivity index (χ4v) is 1.92. The van der Waals surface area contributed by atoms with Gasteiger partial charge in [-0.25, -0.2) is 9.38 Å². The SMILES string of the molecule is Fc1cccc(C2=N[NH+]3C=C(Br)N=CC3=N2)c1.[Br-]. The van der Waals surface area contributed by atoms with E-state index in [0.29, 0.717) is 21.8 Å². The summed E-state index contributed by atoms with van der Waals surface area (Å²) in [5.74, 6) is 0.919. The third-order valence-corrected chi connectivity index (χ3v) is 2.80. The Morgan fingerprint density at radius 3 is 2.89 bits per heavy atom. The summed E-state index contributed by atoms with van der Waals surface area (Å²) >= 11 is 3.27. The van der Waals surface area contributed by atoms with Crippen LogP contribution in [0.25, 0.3) is 0 Å². The summed E-state index contributed by atoms with van der Waals surface area (Å²) in [5, 5.41) is 5.08. The molecule has 1 N–H and O–H groups in total. The van der Waals surface area contributed by atoms with Crippen LogP contribution in [0.15, 0.2) is 50.2 Å². The van der Waals surface area contributed by atoms with Crippen molar-refractivity contribution in [3.05, 3.63) is 46.5 Å². The molecule has 2 aliphatic rings. The number of nitrogens with one attached hydrogen (secondary N) is 1. The van der Waals surface area contributed by atoms with Crippen LogP contribution in [0.1, 0.15) is 5.56 Å². The van der Waals surface area contributed by atoms with Crippen molar-refractivity contribution in [2.24, 2.45) is 15.1 Å². The minimum absolute atomic E-state index is 0. The van der Waals surface area contributed by atoms with E-state index in [4.69, 9.17) is 0 Å². The Morgan fingerprint density at radius 1 is 1.28 bits per heavy atom. The molecule has 0 amide bonds. The Labute approximate surface area is 122 Å². The third kappa shape index (κ3) is 2.47. The van der Waals surface area contributed by atoms with Crippen molar-refractivity contribution in [1.29, 1.82) is 0 Å². The van der Waals surface area contributed by atoms with Gasteiger partial charge in [0.25, 0.3) is 5.84 Å². The summed E-state index contributed by atoms with van der Waals surface area (Å²) < 4.78 is 13.8. The molecule has 4 nitrogen and oxygen atoms in total. The maximum absolute atomic E-state index is 13.1. The lowest BCUT2D eigenvalue weighted by Crippen LogP contribution is -3.05. The number of benzene rings is 1. The molecule has 92 valence electrons. The van der Waals surface area contributed by atoms with E-state index >= 15 is 0 Å². The number of hydrogen-bond donors (Lipinski definition) is 1. The Morgan fingerprint density at radius 2 is 2.11 bits per heavy atom. The minimum atomic E-state index is -0.296. The number of quaternary nitrogens is 1. The fraction of sp³-hybridized carbons (Fsp3) is 0. The molecule has 3 rings (SSSR count). The Hall–Kier alpha value is -1.18. The number of halogens is 3. The van der Waals surface area contributed by atoms with Gasteiger partial charge in [-0.05, 0) is 28.1 Å². The van der Waals surface area contributed by atoms with Gasteiger partial charge >= 0.3 is 0 Å².